The van der Waals surface area contributed by atoms with Crippen LogP contribution in [0.3, 0.4) is 0 Å². The number of aromatic nitrogens is 2. The summed E-state index contributed by atoms with van der Waals surface area (Å²) in [6, 6.07) is 14.9. The van der Waals surface area contributed by atoms with Crippen LogP contribution in [0.5, 0.6) is 0 Å². The molecule has 3 aromatic rings. The van der Waals surface area contributed by atoms with Gasteiger partial charge in [0.05, 0.1) is 22.5 Å². The number of hydrogen-bond donors (Lipinski definition) is 2. The van der Waals surface area contributed by atoms with Crippen molar-refractivity contribution >= 4 is 17.9 Å². The number of nitrogens with zero attached hydrogens (tertiary/aromatic N) is 2. The normalized spacial score (nSPS) is 27.5. The Bertz CT molecular complexity index is 1290. The maximum Gasteiger partial charge on any atom is 0.335 e. The Hall–Kier alpha value is -3.41. The number of aromatic amines is 1. The Morgan fingerprint density at radius 3 is 2.15 bits per heavy atom. The molecule has 4 fully saturated rings. The van der Waals surface area contributed by atoms with E-state index in [0.29, 0.717) is 16.7 Å². The minimum atomic E-state index is -0.978. The first-order valence-electron chi connectivity index (χ1n) is 12.2. The molecule has 1 aromatic heterocycles. The second-order valence-corrected chi connectivity index (χ2v) is 10.6. The zero-order chi connectivity index (χ0) is 23.4. The molecular formula is C28H29N3O3. The van der Waals surface area contributed by atoms with E-state index in [1.54, 1.807) is 23.0 Å². The standard InChI is InChI=1S/C28H29N3O3/c1-17-25(16-29-23-6-2-21(3-7-23)27(33)34)26(32)31(30-17)24-8-4-22(5-9-24)28-13-18-10-19(14-28)12-20(11-18)15-28/h2-9,16,18-20,30H,10-15H2,1H3,(H,33,34). The lowest BCUT2D eigenvalue weighted by molar-refractivity contribution is -0.00518. The molecule has 4 aliphatic carbocycles. The molecular weight excluding hydrogens is 426 g/mol. The van der Waals surface area contributed by atoms with Gasteiger partial charge in [0.2, 0.25) is 0 Å². The molecule has 6 nitrogen and oxygen atoms in total. The highest BCUT2D eigenvalue weighted by Crippen LogP contribution is 2.60. The summed E-state index contributed by atoms with van der Waals surface area (Å²) in [6.45, 7) is 1.86. The van der Waals surface area contributed by atoms with E-state index in [4.69, 9.17) is 5.11 Å². The van der Waals surface area contributed by atoms with Gasteiger partial charge in [0, 0.05) is 11.9 Å². The Balaban J connectivity index is 1.25. The van der Waals surface area contributed by atoms with Gasteiger partial charge in [-0.25, -0.2) is 9.48 Å². The fraction of sp³-hybridized carbons (Fsp3) is 0.393. The van der Waals surface area contributed by atoms with Crippen LogP contribution in [0, 0.1) is 24.7 Å². The van der Waals surface area contributed by atoms with Gasteiger partial charge in [-0.15, -0.1) is 0 Å². The number of aromatic carboxylic acids is 1. The number of carboxylic acid groups (broad SMARTS) is 1. The molecule has 174 valence electrons. The first-order valence-corrected chi connectivity index (χ1v) is 12.2. The molecule has 2 aromatic carbocycles. The lowest BCUT2D eigenvalue weighted by Gasteiger charge is -2.57. The quantitative estimate of drug-likeness (QED) is 0.506. The van der Waals surface area contributed by atoms with Crippen LogP contribution >= 0.6 is 0 Å². The molecule has 6 heteroatoms. The zero-order valence-electron chi connectivity index (χ0n) is 19.3. The van der Waals surface area contributed by atoms with Crippen LogP contribution in [0.25, 0.3) is 5.69 Å². The number of hydrogen-bond acceptors (Lipinski definition) is 3. The van der Waals surface area contributed by atoms with Crippen molar-refractivity contribution in [3.05, 3.63) is 81.3 Å². The summed E-state index contributed by atoms with van der Waals surface area (Å²) >= 11 is 0. The van der Waals surface area contributed by atoms with Gasteiger partial charge in [-0.1, -0.05) is 12.1 Å². The van der Waals surface area contributed by atoms with E-state index >= 15 is 0 Å². The van der Waals surface area contributed by atoms with Gasteiger partial charge in [0.25, 0.3) is 5.56 Å². The van der Waals surface area contributed by atoms with E-state index in [2.05, 4.69) is 34.4 Å². The molecule has 0 spiro atoms. The molecule has 4 saturated carbocycles. The molecule has 4 bridgehead atoms. The molecule has 1 heterocycles. The predicted octanol–water partition coefficient (Wildman–Crippen LogP) is 5.39. The van der Waals surface area contributed by atoms with Crippen LogP contribution in [-0.2, 0) is 5.41 Å². The maximum atomic E-state index is 13.1. The van der Waals surface area contributed by atoms with Crippen LogP contribution in [0.4, 0.5) is 5.69 Å². The van der Waals surface area contributed by atoms with Crippen LogP contribution in [0.15, 0.2) is 58.3 Å². The van der Waals surface area contributed by atoms with E-state index in [-0.39, 0.29) is 11.1 Å². The highest BCUT2D eigenvalue weighted by Gasteiger charge is 2.51. The lowest BCUT2D eigenvalue weighted by atomic mass is 9.48. The molecule has 0 saturated heterocycles. The Kier molecular flexibility index (Phi) is 4.87. The van der Waals surface area contributed by atoms with Gasteiger partial charge in [-0.2, -0.15) is 0 Å². The van der Waals surface area contributed by atoms with Crippen molar-refractivity contribution in [3.8, 4) is 5.69 Å². The smallest absolute Gasteiger partial charge is 0.335 e. The van der Waals surface area contributed by atoms with Crippen molar-refractivity contribution in [1.82, 2.24) is 9.78 Å². The number of carboxylic acids is 1. The van der Waals surface area contributed by atoms with E-state index in [9.17, 15) is 9.59 Å². The van der Waals surface area contributed by atoms with Crippen LogP contribution in [0.2, 0.25) is 0 Å². The summed E-state index contributed by atoms with van der Waals surface area (Å²) in [7, 11) is 0. The molecule has 0 amide bonds. The van der Waals surface area contributed by atoms with Gasteiger partial charge in [0.15, 0.2) is 0 Å². The molecule has 4 aliphatic rings. The fourth-order valence-electron chi connectivity index (χ4n) is 7.15. The van der Waals surface area contributed by atoms with Crippen molar-refractivity contribution < 1.29 is 9.90 Å². The van der Waals surface area contributed by atoms with E-state index in [1.807, 2.05) is 6.92 Å². The maximum absolute atomic E-state index is 13.1. The van der Waals surface area contributed by atoms with Crippen molar-refractivity contribution in [2.45, 2.75) is 50.9 Å². The predicted molar refractivity (Wildman–Crippen MR) is 132 cm³/mol. The topological polar surface area (TPSA) is 87.5 Å². The lowest BCUT2D eigenvalue weighted by Crippen LogP contribution is -2.48. The summed E-state index contributed by atoms with van der Waals surface area (Å²) in [5.74, 6) is 1.74. The first kappa shape index (κ1) is 21.1. The number of H-pyrrole nitrogens is 1. The highest BCUT2D eigenvalue weighted by atomic mass is 16.4. The zero-order valence-corrected chi connectivity index (χ0v) is 19.3. The van der Waals surface area contributed by atoms with E-state index < -0.39 is 5.97 Å². The van der Waals surface area contributed by atoms with Crippen LogP contribution in [0.1, 0.15) is 65.7 Å². The molecule has 34 heavy (non-hydrogen) atoms. The van der Waals surface area contributed by atoms with Gasteiger partial charge in [-0.3, -0.25) is 14.9 Å². The molecule has 7 rings (SSSR count). The number of aliphatic imine (C=N–C) groups is 1. The average molecular weight is 456 g/mol. The summed E-state index contributed by atoms with van der Waals surface area (Å²) in [5, 5.41) is 12.2. The Morgan fingerprint density at radius 2 is 1.59 bits per heavy atom. The van der Waals surface area contributed by atoms with Gasteiger partial charge in [-0.05, 0) is 111 Å². The SMILES string of the molecule is Cc1[nH]n(-c2ccc(C34CC5CC(CC(C5)C3)C4)cc2)c(=O)c1C=Nc1ccc(C(=O)O)cc1. The third-order valence-electron chi connectivity index (χ3n) is 8.35. The number of aryl methyl sites for hydroxylation is 1. The van der Waals surface area contributed by atoms with Gasteiger partial charge < -0.3 is 5.11 Å². The molecule has 2 N–H and O–H groups in total. The van der Waals surface area contributed by atoms with E-state index in [0.717, 1.165) is 29.1 Å². The Labute approximate surface area is 198 Å². The van der Waals surface area contributed by atoms with Gasteiger partial charge in [0.1, 0.15) is 0 Å². The third-order valence-corrected chi connectivity index (χ3v) is 8.35. The fourth-order valence-corrected chi connectivity index (χ4v) is 7.15. The summed E-state index contributed by atoms with van der Waals surface area (Å²) < 4.78 is 1.58. The monoisotopic (exact) mass is 455 g/mol. The summed E-state index contributed by atoms with van der Waals surface area (Å²) in [5.41, 5.74) is 4.50. The largest absolute Gasteiger partial charge is 0.478 e. The van der Waals surface area contributed by atoms with Crippen molar-refractivity contribution in [3.63, 3.8) is 0 Å². The highest BCUT2D eigenvalue weighted by molar-refractivity contribution is 5.88. The second kappa shape index (κ2) is 7.83. The second-order valence-electron chi connectivity index (χ2n) is 10.6. The molecule has 0 radical (unpaired) electrons. The minimum absolute atomic E-state index is 0.147. The number of benzene rings is 2. The molecule has 0 unspecified atom stereocenters. The van der Waals surface area contributed by atoms with Crippen molar-refractivity contribution in [2.75, 3.05) is 0 Å². The average Bonchev–Trinajstić information content (AvgIpc) is 3.10. The number of nitrogens with one attached hydrogen (secondary N) is 1. The van der Waals surface area contributed by atoms with E-state index in [1.165, 1.54) is 56.2 Å². The molecule has 0 atom stereocenters. The first-order chi connectivity index (χ1) is 16.4. The van der Waals surface area contributed by atoms with Crippen molar-refractivity contribution in [1.29, 1.82) is 0 Å². The summed E-state index contributed by atoms with van der Waals surface area (Å²) in [4.78, 5) is 28.5. The van der Waals surface area contributed by atoms with Crippen LogP contribution in [-0.4, -0.2) is 27.1 Å². The van der Waals surface area contributed by atoms with Gasteiger partial charge >= 0.3 is 5.97 Å². The molecule has 0 aliphatic heterocycles. The number of rotatable bonds is 5. The number of carbonyl (C=O) groups is 1. The minimum Gasteiger partial charge on any atom is -0.478 e. The van der Waals surface area contributed by atoms with Crippen LogP contribution < -0.4 is 5.56 Å². The summed E-state index contributed by atoms with van der Waals surface area (Å²) in [6.07, 6.45) is 9.83. The third kappa shape index (κ3) is 3.52. The Morgan fingerprint density at radius 1 is 1.00 bits per heavy atom. The van der Waals surface area contributed by atoms with Crippen molar-refractivity contribution in [2.24, 2.45) is 22.7 Å².